The number of alkyl halides is 3. The molecular formula is C17H17F3N4O3. The predicted octanol–water partition coefficient (Wildman–Crippen LogP) is 2.88. The van der Waals surface area contributed by atoms with Crippen molar-refractivity contribution in [2.24, 2.45) is 0 Å². The Balaban J connectivity index is 2.35. The first-order valence-electron chi connectivity index (χ1n) is 8.00. The van der Waals surface area contributed by atoms with E-state index in [1.165, 1.54) is 13.0 Å². The summed E-state index contributed by atoms with van der Waals surface area (Å²) < 4.78 is 41.0. The van der Waals surface area contributed by atoms with Gasteiger partial charge in [-0.15, -0.1) is 0 Å². The van der Waals surface area contributed by atoms with Crippen molar-refractivity contribution >= 4 is 23.2 Å². The molecule has 0 spiro atoms. The average molecular weight is 382 g/mol. The second-order valence-corrected chi connectivity index (χ2v) is 5.67. The molecule has 2 amide bonds. The minimum Gasteiger partial charge on any atom is -0.326 e. The highest BCUT2D eigenvalue weighted by Gasteiger charge is 2.34. The molecule has 0 bridgehead atoms. The molecule has 144 valence electrons. The first-order valence-corrected chi connectivity index (χ1v) is 8.00. The number of hydrogen-bond acceptors (Lipinski definition) is 4. The molecule has 0 radical (unpaired) electrons. The number of amides is 2. The lowest BCUT2D eigenvalue weighted by atomic mass is 10.1. The van der Waals surface area contributed by atoms with Crippen molar-refractivity contribution in [1.29, 1.82) is 0 Å². The number of nitrogens with zero attached hydrogens (tertiary/aromatic N) is 2. The summed E-state index contributed by atoms with van der Waals surface area (Å²) in [7, 11) is 0. The Labute approximate surface area is 152 Å². The second-order valence-electron chi connectivity index (χ2n) is 5.67. The highest BCUT2D eigenvalue weighted by Crippen LogP contribution is 2.36. The summed E-state index contributed by atoms with van der Waals surface area (Å²) in [5, 5.41) is 8.27. The van der Waals surface area contributed by atoms with E-state index in [2.05, 4.69) is 15.7 Å². The summed E-state index contributed by atoms with van der Waals surface area (Å²) in [6.45, 7) is 3.26. The first kappa shape index (κ1) is 20.1. The van der Waals surface area contributed by atoms with Crippen LogP contribution in [0.1, 0.15) is 36.3 Å². The molecule has 2 N–H and O–H groups in total. The van der Waals surface area contributed by atoms with Gasteiger partial charge in [0.1, 0.15) is 5.69 Å². The normalized spacial score (nSPS) is 11.1. The molecule has 27 heavy (non-hydrogen) atoms. The maximum atomic E-state index is 13.3. The fourth-order valence-electron chi connectivity index (χ4n) is 2.30. The summed E-state index contributed by atoms with van der Waals surface area (Å²) in [4.78, 5) is 35.0. The Hall–Kier alpha value is -3.17. The van der Waals surface area contributed by atoms with Gasteiger partial charge >= 0.3 is 6.18 Å². The quantitative estimate of drug-likeness (QED) is 0.832. The third-order valence-corrected chi connectivity index (χ3v) is 3.43. The minimum absolute atomic E-state index is 0.0533. The van der Waals surface area contributed by atoms with Crippen LogP contribution in [0.4, 0.5) is 24.5 Å². The van der Waals surface area contributed by atoms with Gasteiger partial charge in [-0.05, 0) is 30.7 Å². The molecule has 1 aromatic heterocycles. The number of nitrogens with one attached hydrogen (secondary N) is 2. The van der Waals surface area contributed by atoms with Crippen molar-refractivity contribution in [3.05, 3.63) is 51.9 Å². The van der Waals surface area contributed by atoms with E-state index < -0.39 is 34.8 Å². The number of rotatable bonds is 5. The number of aryl methyl sites for hydroxylation is 1. The molecule has 0 aliphatic carbocycles. The van der Waals surface area contributed by atoms with Crippen LogP contribution in [0.25, 0.3) is 0 Å². The van der Waals surface area contributed by atoms with Crippen LogP contribution in [0, 0.1) is 0 Å². The van der Waals surface area contributed by atoms with Gasteiger partial charge in [-0.2, -0.15) is 18.3 Å². The van der Waals surface area contributed by atoms with Crippen LogP contribution in [0.15, 0.2) is 35.1 Å². The zero-order valence-corrected chi connectivity index (χ0v) is 14.6. The smallest absolute Gasteiger partial charge is 0.326 e. The van der Waals surface area contributed by atoms with Gasteiger partial charge in [-0.3, -0.25) is 14.4 Å². The number of hydrogen-bond donors (Lipinski definition) is 2. The zero-order chi connectivity index (χ0) is 20.2. The molecule has 1 heterocycles. The summed E-state index contributed by atoms with van der Waals surface area (Å²) in [6.07, 6.45) is -4.16. The molecule has 7 nitrogen and oxygen atoms in total. The van der Waals surface area contributed by atoms with Crippen LogP contribution in [0.2, 0.25) is 0 Å². The van der Waals surface area contributed by atoms with Crippen LogP contribution >= 0.6 is 0 Å². The van der Waals surface area contributed by atoms with Gasteiger partial charge in [0.25, 0.3) is 11.5 Å². The Morgan fingerprint density at radius 3 is 2.44 bits per heavy atom. The van der Waals surface area contributed by atoms with Gasteiger partial charge < -0.3 is 10.6 Å². The van der Waals surface area contributed by atoms with Crippen molar-refractivity contribution < 1.29 is 22.8 Å². The average Bonchev–Trinajstić information content (AvgIpc) is 2.57. The van der Waals surface area contributed by atoms with Gasteiger partial charge in [0.15, 0.2) is 0 Å². The van der Waals surface area contributed by atoms with Gasteiger partial charge in [0, 0.05) is 25.2 Å². The summed E-state index contributed by atoms with van der Waals surface area (Å²) in [5.74, 6) is -1.42. The number of halogens is 3. The van der Waals surface area contributed by atoms with Crippen molar-refractivity contribution in [2.75, 3.05) is 10.6 Å². The van der Waals surface area contributed by atoms with Crippen molar-refractivity contribution in [1.82, 2.24) is 9.78 Å². The number of anilines is 2. The molecule has 0 saturated heterocycles. The van der Waals surface area contributed by atoms with E-state index >= 15 is 0 Å². The highest BCUT2D eigenvalue weighted by atomic mass is 19.4. The molecule has 0 unspecified atom stereocenters. The van der Waals surface area contributed by atoms with E-state index in [4.69, 9.17) is 0 Å². The van der Waals surface area contributed by atoms with Gasteiger partial charge in [-0.1, -0.05) is 6.92 Å². The lowest BCUT2D eigenvalue weighted by Gasteiger charge is -2.15. The minimum atomic E-state index is -4.76. The fourth-order valence-corrected chi connectivity index (χ4v) is 2.30. The number of benzene rings is 1. The fraction of sp³-hybridized carbons (Fsp3) is 0.294. The van der Waals surface area contributed by atoms with Crippen LogP contribution in [-0.2, 0) is 17.5 Å². The third-order valence-electron chi connectivity index (χ3n) is 3.43. The maximum Gasteiger partial charge on any atom is 0.418 e. The number of aromatic nitrogens is 2. The molecule has 0 aliphatic heterocycles. The summed E-state index contributed by atoms with van der Waals surface area (Å²) >= 11 is 0. The topological polar surface area (TPSA) is 93.1 Å². The summed E-state index contributed by atoms with van der Waals surface area (Å²) in [6, 6.07) is 5.26. The SMILES string of the molecule is CCCn1nc(C(=O)Nc2ccc(NC(C)=O)cc2C(F)(F)F)ccc1=O. The number of carbonyl (C=O) groups is 2. The Kier molecular flexibility index (Phi) is 5.98. The molecule has 0 atom stereocenters. The Bertz CT molecular complexity index is 922. The Morgan fingerprint density at radius 2 is 1.85 bits per heavy atom. The van der Waals surface area contributed by atoms with Gasteiger partial charge in [0.2, 0.25) is 5.91 Å². The largest absolute Gasteiger partial charge is 0.418 e. The zero-order valence-electron chi connectivity index (χ0n) is 14.6. The van der Waals surface area contributed by atoms with Crippen LogP contribution in [-0.4, -0.2) is 21.6 Å². The first-order chi connectivity index (χ1) is 12.6. The molecule has 1 aromatic carbocycles. The maximum absolute atomic E-state index is 13.3. The van der Waals surface area contributed by atoms with Crippen LogP contribution < -0.4 is 16.2 Å². The van der Waals surface area contributed by atoms with Crippen molar-refractivity contribution in [2.45, 2.75) is 33.0 Å². The van der Waals surface area contributed by atoms with Crippen LogP contribution in [0.3, 0.4) is 0 Å². The third kappa shape index (κ3) is 5.16. The molecular weight excluding hydrogens is 365 g/mol. The van der Waals surface area contributed by atoms with Gasteiger partial charge in [-0.25, -0.2) is 4.68 Å². The van der Waals surface area contributed by atoms with E-state index in [0.29, 0.717) is 6.42 Å². The van der Waals surface area contributed by atoms with Crippen molar-refractivity contribution in [3.63, 3.8) is 0 Å². The molecule has 0 fully saturated rings. The van der Waals surface area contributed by atoms with Crippen LogP contribution in [0.5, 0.6) is 0 Å². The lowest BCUT2D eigenvalue weighted by Crippen LogP contribution is -2.26. The highest BCUT2D eigenvalue weighted by molar-refractivity contribution is 6.03. The van der Waals surface area contributed by atoms with E-state index in [9.17, 15) is 27.6 Å². The molecule has 0 aliphatic rings. The lowest BCUT2D eigenvalue weighted by molar-refractivity contribution is -0.137. The Morgan fingerprint density at radius 1 is 1.15 bits per heavy atom. The second kappa shape index (κ2) is 8.02. The van der Waals surface area contributed by atoms with E-state index in [1.807, 2.05) is 6.92 Å². The monoisotopic (exact) mass is 382 g/mol. The molecule has 10 heteroatoms. The number of carbonyl (C=O) groups excluding carboxylic acids is 2. The summed E-state index contributed by atoms with van der Waals surface area (Å²) in [5.41, 5.74) is -2.27. The molecule has 2 rings (SSSR count). The van der Waals surface area contributed by atoms with E-state index in [-0.39, 0.29) is 17.9 Å². The van der Waals surface area contributed by atoms with Gasteiger partial charge in [0.05, 0.1) is 11.3 Å². The predicted molar refractivity (Wildman–Crippen MR) is 92.5 cm³/mol. The van der Waals surface area contributed by atoms with E-state index in [1.54, 1.807) is 0 Å². The molecule has 2 aromatic rings. The van der Waals surface area contributed by atoms with E-state index in [0.717, 1.165) is 28.9 Å². The standard InChI is InChI=1S/C17H17F3N4O3/c1-3-8-24-15(26)7-6-14(23-24)16(27)22-13-5-4-11(21-10(2)25)9-12(13)17(18,19)20/h4-7,9H,3,8H2,1-2H3,(H,21,25)(H,22,27). The molecule has 0 saturated carbocycles. The van der Waals surface area contributed by atoms with Crippen molar-refractivity contribution in [3.8, 4) is 0 Å².